The molecule has 0 aliphatic rings. The highest BCUT2D eigenvalue weighted by Gasteiger charge is 2.02. The summed E-state index contributed by atoms with van der Waals surface area (Å²) in [5, 5.41) is 0. The molecule has 0 fully saturated rings. The van der Waals surface area contributed by atoms with Crippen LogP contribution >= 0.6 is 0 Å². The van der Waals surface area contributed by atoms with E-state index in [4.69, 9.17) is 12.6 Å². The van der Waals surface area contributed by atoms with Crippen molar-refractivity contribution < 1.29 is 13.5 Å². The molecule has 0 aliphatic heterocycles. The van der Waals surface area contributed by atoms with E-state index in [1.54, 1.807) is 25.1 Å². The molecule has 0 aromatic heterocycles. The van der Waals surface area contributed by atoms with Gasteiger partial charge in [0.2, 0.25) is 0 Å². The highest BCUT2D eigenvalue weighted by atomic mass is 19.1. The van der Waals surface area contributed by atoms with Crippen molar-refractivity contribution in [2.45, 2.75) is 13.5 Å². The summed E-state index contributed by atoms with van der Waals surface area (Å²) in [7, 11) is 5.36. The second-order valence-electron chi connectivity index (χ2n) is 4.06. The van der Waals surface area contributed by atoms with Gasteiger partial charge in [-0.3, -0.25) is 0 Å². The van der Waals surface area contributed by atoms with E-state index in [1.807, 2.05) is 0 Å². The van der Waals surface area contributed by atoms with Gasteiger partial charge >= 0.3 is 0 Å². The van der Waals surface area contributed by atoms with Crippen molar-refractivity contribution in [3.63, 3.8) is 0 Å². The van der Waals surface area contributed by atoms with Crippen LogP contribution in [0.25, 0.3) is 0 Å². The molecule has 0 N–H and O–H groups in total. The van der Waals surface area contributed by atoms with Crippen LogP contribution in [-0.2, 0) is 6.61 Å². The van der Waals surface area contributed by atoms with Crippen molar-refractivity contribution in [3.8, 4) is 5.75 Å². The van der Waals surface area contributed by atoms with Crippen molar-refractivity contribution in [2.24, 2.45) is 0 Å². The summed E-state index contributed by atoms with van der Waals surface area (Å²) in [6.07, 6.45) is 0. The highest BCUT2D eigenvalue weighted by molar-refractivity contribution is 6.32. The predicted molar refractivity (Wildman–Crippen MR) is 67.3 cm³/mol. The molecule has 0 amide bonds. The lowest BCUT2D eigenvalue weighted by Gasteiger charge is -2.08. The van der Waals surface area contributed by atoms with Crippen LogP contribution in [0.2, 0.25) is 0 Å². The molecule has 0 unspecified atom stereocenters. The molecule has 0 spiro atoms. The Morgan fingerprint density at radius 3 is 2.50 bits per heavy atom. The van der Waals surface area contributed by atoms with Crippen molar-refractivity contribution in [2.75, 3.05) is 0 Å². The lowest BCUT2D eigenvalue weighted by molar-refractivity contribution is 0.304. The van der Waals surface area contributed by atoms with E-state index in [9.17, 15) is 8.78 Å². The molecule has 0 atom stereocenters. The number of hydrogen-bond donors (Lipinski definition) is 0. The molecule has 0 saturated heterocycles. The average Bonchev–Trinajstić information content (AvgIpc) is 2.35. The number of rotatable bonds is 3. The first-order valence-electron chi connectivity index (χ1n) is 5.49. The van der Waals surface area contributed by atoms with Gasteiger partial charge in [0.25, 0.3) is 0 Å². The number of ether oxygens (including phenoxy) is 1. The number of aryl methyl sites for hydroxylation is 1. The first kappa shape index (κ1) is 12.6. The Labute approximate surface area is 106 Å². The number of hydrogen-bond acceptors (Lipinski definition) is 1. The van der Waals surface area contributed by atoms with Crippen molar-refractivity contribution in [3.05, 3.63) is 59.2 Å². The third-order valence-corrected chi connectivity index (χ3v) is 2.60. The summed E-state index contributed by atoms with van der Waals surface area (Å²) in [6.45, 7) is 1.94. The molecule has 0 saturated carbocycles. The van der Waals surface area contributed by atoms with Gasteiger partial charge in [0, 0.05) is 6.07 Å². The van der Waals surface area contributed by atoms with Crippen molar-refractivity contribution in [1.29, 1.82) is 0 Å². The van der Waals surface area contributed by atoms with Crippen LogP contribution in [0.4, 0.5) is 8.78 Å². The molecule has 2 radical (unpaired) electrons. The fourth-order valence-corrected chi connectivity index (χ4v) is 1.56. The van der Waals surface area contributed by atoms with E-state index >= 15 is 0 Å². The number of benzene rings is 2. The fourth-order valence-electron chi connectivity index (χ4n) is 1.56. The van der Waals surface area contributed by atoms with Crippen LogP contribution < -0.4 is 10.2 Å². The van der Waals surface area contributed by atoms with Crippen LogP contribution in [0, 0.1) is 18.6 Å². The summed E-state index contributed by atoms with van der Waals surface area (Å²) < 4.78 is 31.6. The van der Waals surface area contributed by atoms with Crippen molar-refractivity contribution in [1.82, 2.24) is 0 Å². The zero-order chi connectivity index (χ0) is 13.1. The summed E-state index contributed by atoms with van der Waals surface area (Å²) in [4.78, 5) is 0. The van der Waals surface area contributed by atoms with Gasteiger partial charge in [-0.2, -0.15) is 0 Å². The Morgan fingerprint density at radius 2 is 1.83 bits per heavy atom. The van der Waals surface area contributed by atoms with Gasteiger partial charge in [-0.1, -0.05) is 17.6 Å². The van der Waals surface area contributed by atoms with Gasteiger partial charge in [-0.05, 0) is 36.2 Å². The first-order chi connectivity index (χ1) is 8.56. The minimum Gasteiger partial charge on any atom is -0.489 e. The molecular weight excluding hydrogens is 233 g/mol. The monoisotopic (exact) mass is 244 g/mol. The molecule has 0 bridgehead atoms. The van der Waals surface area contributed by atoms with Crippen LogP contribution in [0.3, 0.4) is 0 Å². The maximum absolute atomic E-state index is 13.2. The number of halogens is 2. The van der Waals surface area contributed by atoms with Crippen LogP contribution in [0.5, 0.6) is 5.75 Å². The van der Waals surface area contributed by atoms with Gasteiger partial charge < -0.3 is 4.74 Å². The molecule has 0 aliphatic carbocycles. The second-order valence-corrected chi connectivity index (χ2v) is 4.06. The Bertz CT molecular complexity index is 518. The molecule has 18 heavy (non-hydrogen) atoms. The first-order valence-corrected chi connectivity index (χ1v) is 5.49. The Hall–Kier alpha value is -1.84. The maximum atomic E-state index is 13.2. The molecule has 2 aromatic rings. The lowest BCUT2D eigenvalue weighted by Crippen LogP contribution is -2.08. The summed E-state index contributed by atoms with van der Waals surface area (Å²) in [5.41, 5.74) is 1.46. The Balaban J connectivity index is 2.06. The molecular formula is C14H11BF2O. The third kappa shape index (κ3) is 2.89. The fraction of sp³-hybridized carbons (Fsp3) is 0.143. The van der Waals surface area contributed by atoms with Gasteiger partial charge in [-0.25, -0.2) is 8.78 Å². The van der Waals surface area contributed by atoms with Crippen LogP contribution in [-0.4, -0.2) is 7.85 Å². The smallest absolute Gasteiger partial charge is 0.126 e. The molecule has 2 rings (SSSR count). The van der Waals surface area contributed by atoms with Gasteiger partial charge in [-0.15, -0.1) is 0 Å². The summed E-state index contributed by atoms with van der Waals surface area (Å²) >= 11 is 0. The zero-order valence-corrected chi connectivity index (χ0v) is 9.91. The SMILES string of the molecule is [B]c1ccc(OCc2ccc(F)c(C)c2)cc1F. The summed E-state index contributed by atoms with van der Waals surface area (Å²) in [6, 6.07) is 8.98. The Morgan fingerprint density at radius 1 is 1.06 bits per heavy atom. The van der Waals surface area contributed by atoms with Crippen LogP contribution in [0.1, 0.15) is 11.1 Å². The third-order valence-electron chi connectivity index (χ3n) is 2.60. The topological polar surface area (TPSA) is 9.23 Å². The van der Waals surface area contributed by atoms with E-state index in [1.165, 1.54) is 18.2 Å². The van der Waals surface area contributed by atoms with Gasteiger partial charge in [0.05, 0.1) is 0 Å². The minimum atomic E-state index is -0.511. The molecule has 4 heteroatoms. The van der Waals surface area contributed by atoms with E-state index in [-0.39, 0.29) is 17.9 Å². The van der Waals surface area contributed by atoms with E-state index in [0.29, 0.717) is 11.3 Å². The normalized spacial score (nSPS) is 10.4. The summed E-state index contributed by atoms with van der Waals surface area (Å²) in [5.74, 6) is -0.372. The standard InChI is InChI=1S/C14H11BF2O/c1-9-6-10(2-5-13(9)16)8-18-11-3-4-12(15)14(17)7-11/h2-7H,8H2,1H3. The molecule has 0 heterocycles. The largest absolute Gasteiger partial charge is 0.489 e. The highest BCUT2D eigenvalue weighted by Crippen LogP contribution is 2.14. The van der Waals surface area contributed by atoms with Crippen LogP contribution in [0.15, 0.2) is 36.4 Å². The predicted octanol–water partition coefficient (Wildman–Crippen LogP) is 2.65. The average molecular weight is 244 g/mol. The van der Waals surface area contributed by atoms with E-state index in [2.05, 4.69) is 0 Å². The van der Waals surface area contributed by atoms with Crippen molar-refractivity contribution >= 4 is 13.3 Å². The maximum Gasteiger partial charge on any atom is 0.126 e. The Kier molecular flexibility index (Phi) is 3.65. The van der Waals surface area contributed by atoms with E-state index in [0.717, 1.165) is 5.56 Å². The molecule has 1 nitrogen and oxygen atoms in total. The molecule has 90 valence electrons. The second kappa shape index (κ2) is 5.21. The van der Waals surface area contributed by atoms with E-state index < -0.39 is 5.82 Å². The lowest BCUT2D eigenvalue weighted by atomic mass is 9.96. The van der Waals surface area contributed by atoms with Gasteiger partial charge in [0.1, 0.15) is 31.8 Å². The van der Waals surface area contributed by atoms with Gasteiger partial charge in [0.15, 0.2) is 0 Å². The minimum absolute atomic E-state index is 0.0833. The quantitative estimate of drug-likeness (QED) is 0.754. The zero-order valence-electron chi connectivity index (χ0n) is 9.91. The molecule has 2 aromatic carbocycles.